The average molecular weight is 347 g/mol. The van der Waals surface area contributed by atoms with Gasteiger partial charge in [-0.25, -0.2) is 0 Å². The van der Waals surface area contributed by atoms with E-state index in [9.17, 15) is 0 Å². The first-order chi connectivity index (χ1) is 10.9. The van der Waals surface area contributed by atoms with Crippen molar-refractivity contribution >= 4 is 34.6 Å². The highest BCUT2D eigenvalue weighted by atomic mass is 35.5. The van der Waals surface area contributed by atoms with E-state index >= 15 is 0 Å². The number of fused-ring (bicyclic) bond motifs is 1. The van der Waals surface area contributed by atoms with Gasteiger partial charge in [-0.1, -0.05) is 41.9 Å². The normalized spacial score (nSPS) is 18.5. The molecule has 0 radical (unpaired) electrons. The number of hydrogen-bond donors (Lipinski definition) is 2. The molecule has 2 aromatic rings. The van der Waals surface area contributed by atoms with Crippen molar-refractivity contribution < 1.29 is 4.74 Å². The molecule has 3 nitrogen and oxygen atoms in total. The molecule has 0 aromatic heterocycles. The first-order valence-electron chi connectivity index (χ1n) is 7.55. The topological polar surface area (TPSA) is 33.3 Å². The lowest BCUT2D eigenvalue weighted by Gasteiger charge is -2.38. The lowest BCUT2D eigenvalue weighted by Crippen LogP contribution is -2.42. The average Bonchev–Trinajstić information content (AvgIpc) is 2.48. The van der Waals surface area contributed by atoms with Crippen molar-refractivity contribution in [2.45, 2.75) is 31.9 Å². The van der Waals surface area contributed by atoms with Crippen LogP contribution >= 0.6 is 23.8 Å². The third-order valence-electron chi connectivity index (χ3n) is 3.80. The van der Waals surface area contributed by atoms with Gasteiger partial charge in [-0.15, -0.1) is 0 Å². The smallest absolute Gasteiger partial charge is 0.171 e. The molecule has 0 unspecified atom stereocenters. The summed E-state index contributed by atoms with van der Waals surface area (Å²) in [5, 5.41) is 7.75. The van der Waals surface area contributed by atoms with Crippen LogP contribution in [0.15, 0.2) is 48.5 Å². The summed E-state index contributed by atoms with van der Waals surface area (Å²) in [4.78, 5) is 0. The van der Waals surface area contributed by atoms with Crippen LogP contribution in [-0.4, -0.2) is 10.7 Å². The summed E-state index contributed by atoms with van der Waals surface area (Å²) in [6.07, 6.45) is 0.828. The van der Waals surface area contributed by atoms with Gasteiger partial charge in [0.2, 0.25) is 0 Å². The molecule has 0 aliphatic carbocycles. The van der Waals surface area contributed by atoms with E-state index in [2.05, 4.69) is 30.5 Å². The Morgan fingerprint density at radius 2 is 1.87 bits per heavy atom. The van der Waals surface area contributed by atoms with Crippen LogP contribution in [0.4, 0.5) is 5.69 Å². The van der Waals surface area contributed by atoms with Crippen LogP contribution in [0, 0.1) is 0 Å². The molecule has 0 bridgehead atoms. The van der Waals surface area contributed by atoms with Gasteiger partial charge in [0.05, 0.1) is 16.8 Å². The summed E-state index contributed by atoms with van der Waals surface area (Å²) in [5.41, 5.74) is 1.67. The second-order valence-corrected chi connectivity index (χ2v) is 7.05. The largest absolute Gasteiger partial charge is 0.487 e. The minimum atomic E-state index is -0.244. The first-order valence-corrected chi connectivity index (χ1v) is 8.33. The Hall–Kier alpha value is -1.78. The maximum Gasteiger partial charge on any atom is 0.171 e. The van der Waals surface area contributed by atoms with Crippen LogP contribution in [0.3, 0.4) is 0 Å². The third kappa shape index (κ3) is 3.77. The van der Waals surface area contributed by atoms with Gasteiger partial charge < -0.3 is 15.4 Å². The zero-order valence-corrected chi connectivity index (χ0v) is 14.7. The zero-order valence-electron chi connectivity index (χ0n) is 13.1. The van der Waals surface area contributed by atoms with Crippen LogP contribution in [0.1, 0.15) is 31.9 Å². The fraction of sp³-hybridized carbons (Fsp3) is 0.278. The second-order valence-electron chi connectivity index (χ2n) is 6.23. The molecule has 1 atom stereocenters. The number of anilines is 1. The molecule has 1 heterocycles. The van der Waals surface area contributed by atoms with Gasteiger partial charge in [0, 0.05) is 12.0 Å². The van der Waals surface area contributed by atoms with Crippen molar-refractivity contribution in [3.05, 3.63) is 59.1 Å². The molecule has 5 heteroatoms. The summed E-state index contributed by atoms with van der Waals surface area (Å²) in [5.74, 6) is 0.904. The Kier molecular flexibility index (Phi) is 4.46. The van der Waals surface area contributed by atoms with Gasteiger partial charge >= 0.3 is 0 Å². The van der Waals surface area contributed by atoms with E-state index in [0.29, 0.717) is 10.1 Å². The predicted molar refractivity (Wildman–Crippen MR) is 99.3 cm³/mol. The van der Waals surface area contributed by atoms with Crippen LogP contribution in [0.25, 0.3) is 0 Å². The van der Waals surface area contributed by atoms with E-state index in [-0.39, 0.29) is 11.6 Å². The molecule has 0 amide bonds. The number of thiocarbonyl (C=S) groups is 1. The summed E-state index contributed by atoms with van der Waals surface area (Å²) in [7, 11) is 0. The Morgan fingerprint density at radius 1 is 1.17 bits per heavy atom. The van der Waals surface area contributed by atoms with E-state index in [0.717, 1.165) is 23.4 Å². The number of hydrogen-bond acceptors (Lipinski definition) is 2. The van der Waals surface area contributed by atoms with Crippen molar-refractivity contribution in [1.82, 2.24) is 5.32 Å². The summed E-state index contributed by atoms with van der Waals surface area (Å²) in [6, 6.07) is 15.7. The van der Waals surface area contributed by atoms with E-state index < -0.39 is 0 Å². The molecule has 2 aromatic carbocycles. The quantitative estimate of drug-likeness (QED) is 0.755. The van der Waals surface area contributed by atoms with E-state index in [1.807, 2.05) is 42.5 Å². The number of ether oxygens (including phenoxy) is 1. The number of halogens is 1. The molecule has 1 aliphatic rings. The van der Waals surface area contributed by atoms with Crippen molar-refractivity contribution in [2.24, 2.45) is 0 Å². The van der Waals surface area contributed by atoms with Crippen molar-refractivity contribution in [3.8, 4) is 5.75 Å². The first kappa shape index (κ1) is 16.1. The Morgan fingerprint density at radius 3 is 2.65 bits per heavy atom. The van der Waals surface area contributed by atoms with Crippen LogP contribution in [-0.2, 0) is 0 Å². The van der Waals surface area contributed by atoms with Crippen LogP contribution < -0.4 is 15.4 Å². The van der Waals surface area contributed by atoms with Crippen LogP contribution in [0.2, 0.25) is 5.02 Å². The molecule has 23 heavy (non-hydrogen) atoms. The summed E-state index contributed by atoms with van der Waals surface area (Å²) in [6.45, 7) is 4.17. The number of nitrogens with one attached hydrogen (secondary N) is 2. The molecular weight excluding hydrogens is 328 g/mol. The number of para-hydroxylation sites is 2. The molecule has 2 N–H and O–H groups in total. The lowest BCUT2D eigenvalue weighted by atomic mass is 9.90. The second kappa shape index (κ2) is 6.38. The van der Waals surface area contributed by atoms with Crippen molar-refractivity contribution in [1.29, 1.82) is 0 Å². The minimum Gasteiger partial charge on any atom is -0.487 e. The van der Waals surface area contributed by atoms with Gasteiger partial charge in [-0.2, -0.15) is 0 Å². The minimum absolute atomic E-state index is 0.0948. The molecule has 1 aliphatic heterocycles. The number of rotatable bonds is 2. The van der Waals surface area contributed by atoms with Gasteiger partial charge in [0.1, 0.15) is 11.4 Å². The molecule has 0 saturated heterocycles. The highest BCUT2D eigenvalue weighted by molar-refractivity contribution is 7.80. The zero-order chi connectivity index (χ0) is 16.4. The van der Waals surface area contributed by atoms with Gasteiger partial charge in [-0.05, 0) is 44.3 Å². The van der Waals surface area contributed by atoms with E-state index in [4.69, 9.17) is 28.6 Å². The fourth-order valence-corrected chi connectivity index (χ4v) is 3.25. The lowest BCUT2D eigenvalue weighted by molar-refractivity contribution is 0.0697. The van der Waals surface area contributed by atoms with Crippen molar-refractivity contribution in [3.63, 3.8) is 0 Å². The SMILES string of the molecule is CC1(C)C[C@@H](NC(=S)Nc2ccccc2Cl)c2ccccc2O1. The number of benzene rings is 2. The Bertz CT molecular complexity index is 732. The molecule has 3 rings (SSSR count). The van der Waals surface area contributed by atoms with Gasteiger partial charge in [-0.3, -0.25) is 0 Å². The van der Waals surface area contributed by atoms with Gasteiger partial charge in [0.25, 0.3) is 0 Å². The molecule has 0 fully saturated rings. The molecule has 0 spiro atoms. The fourth-order valence-electron chi connectivity index (χ4n) is 2.81. The maximum atomic E-state index is 6.17. The maximum absolute atomic E-state index is 6.17. The highest BCUT2D eigenvalue weighted by Gasteiger charge is 2.33. The predicted octanol–water partition coefficient (Wildman–Crippen LogP) is 4.93. The standard InChI is InChI=1S/C18H19ClN2OS/c1-18(2)11-15(12-7-3-6-10-16(12)22-18)21-17(23)20-14-9-5-4-8-13(14)19/h3-10,15H,11H2,1-2H3,(H2,20,21,23)/t15-/m1/s1. The molecule has 120 valence electrons. The van der Waals surface area contributed by atoms with Gasteiger partial charge in [0.15, 0.2) is 5.11 Å². The van der Waals surface area contributed by atoms with Crippen LogP contribution in [0.5, 0.6) is 5.75 Å². The van der Waals surface area contributed by atoms with Crippen molar-refractivity contribution in [2.75, 3.05) is 5.32 Å². The third-order valence-corrected chi connectivity index (χ3v) is 4.35. The van der Waals surface area contributed by atoms with E-state index in [1.54, 1.807) is 0 Å². The van der Waals surface area contributed by atoms with E-state index in [1.165, 1.54) is 0 Å². The Balaban J connectivity index is 1.77. The molecular formula is C18H19ClN2OS. The molecule has 0 saturated carbocycles. The summed E-state index contributed by atoms with van der Waals surface area (Å²) >= 11 is 11.6. The monoisotopic (exact) mass is 346 g/mol. The highest BCUT2D eigenvalue weighted by Crippen LogP contribution is 2.39. The summed E-state index contributed by atoms with van der Waals surface area (Å²) < 4.78 is 6.04. The Labute approximate surface area is 147 Å².